The molecule has 0 saturated carbocycles. The summed E-state index contributed by atoms with van der Waals surface area (Å²) in [6, 6.07) is -2.10. The number of sulfonamides is 1. The summed E-state index contributed by atoms with van der Waals surface area (Å²) in [6.45, 7) is -2.89. The van der Waals surface area contributed by atoms with Gasteiger partial charge in [-0.15, -0.1) is 11.3 Å². The lowest BCUT2D eigenvalue weighted by atomic mass is 10.1. The summed E-state index contributed by atoms with van der Waals surface area (Å²) in [5, 5.41) is 9.91. The van der Waals surface area contributed by atoms with Gasteiger partial charge in [0.05, 0.1) is 15.8 Å². The minimum Gasteiger partial charge on any atom is -0.480 e. The van der Waals surface area contributed by atoms with Crippen LogP contribution in [-0.4, -0.2) is 30.5 Å². The van der Waals surface area contributed by atoms with Crippen LogP contribution < -0.4 is 4.72 Å². The molecule has 0 radical (unpaired) electrons. The van der Waals surface area contributed by atoms with E-state index >= 15 is 0 Å². The number of benzene rings is 2. The fourth-order valence-electron chi connectivity index (χ4n) is 2.71. The Morgan fingerprint density at radius 2 is 2.03 bits per heavy atom. The third kappa shape index (κ3) is 4.92. The van der Waals surface area contributed by atoms with Gasteiger partial charge in [0, 0.05) is 33.2 Å². The van der Waals surface area contributed by atoms with Gasteiger partial charge in [0.2, 0.25) is 0 Å². The molecule has 0 spiro atoms. The number of nitrogens with one attached hydrogen (secondary N) is 2. The standard InChI is InChI=1S/C24H20N2O4S2/c1-16-6-8-17(9-7-16)10-11-19-12-13-23(31-19)32(29,30)26-22(24(27)28)14-18-15-25-21-5-3-2-4-20(18)21/h2-9,12-13,15,22,25-26H,14H2,1H3,(H,27,28)/t22-/m1/s1/i1D3,2D,3D,5D,6D,7D,8D,9D,15D. The third-order valence-electron chi connectivity index (χ3n) is 4.19. The number of para-hydroxylation sites is 1. The molecule has 8 heteroatoms. The zero-order chi connectivity index (χ0) is 32.2. The molecule has 6 nitrogen and oxygen atoms in total. The van der Waals surface area contributed by atoms with Crippen LogP contribution in [0.15, 0.2) is 70.9 Å². The monoisotopic (exact) mass is 475 g/mol. The molecule has 0 unspecified atom stereocenters. The number of carboxylic acids is 1. The third-order valence-corrected chi connectivity index (χ3v) is 7.16. The highest BCUT2D eigenvalue weighted by molar-refractivity contribution is 7.91. The minimum atomic E-state index is -4.46. The van der Waals surface area contributed by atoms with Crippen molar-refractivity contribution < 1.29 is 33.4 Å². The van der Waals surface area contributed by atoms with E-state index in [9.17, 15) is 18.3 Å². The van der Waals surface area contributed by atoms with Crippen molar-refractivity contribution in [3.63, 3.8) is 0 Å². The van der Waals surface area contributed by atoms with E-state index in [1.165, 1.54) is 12.1 Å². The first-order valence-electron chi connectivity index (χ1n) is 14.4. The number of carboxylic acid groups (broad SMARTS) is 1. The number of hydrogen-bond acceptors (Lipinski definition) is 4. The molecule has 32 heavy (non-hydrogen) atoms. The van der Waals surface area contributed by atoms with Crippen LogP contribution in [0.1, 0.15) is 36.6 Å². The summed E-state index contributed by atoms with van der Waals surface area (Å²) in [4.78, 5) is 14.7. The van der Waals surface area contributed by atoms with Gasteiger partial charge in [-0.1, -0.05) is 47.6 Å². The molecule has 2 heterocycles. The number of aliphatic carboxylic acids is 1. The molecule has 0 aliphatic heterocycles. The Hall–Kier alpha value is -3.38. The minimum absolute atomic E-state index is 0.0364. The second-order valence-electron chi connectivity index (χ2n) is 6.39. The molecule has 2 aromatic carbocycles. The molecule has 0 aliphatic carbocycles. The Bertz CT molecular complexity index is 1940. The van der Waals surface area contributed by atoms with Gasteiger partial charge < -0.3 is 10.1 Å². The van der Waals surface area contributed by atoms with Gasteiger partial charge in [0.15, 0.2) is 0 Å². The number of H-pyrrole nitrogens is 1. The van der Waals surface area contributed by atoms with Gasteiger partial charge in [0.1, 0.15) is 10.3 Å². The van der Waals surface area contributed by atoms with Crippen molar-refractivity contribution in [1.29, 1.82) is 0 Å². The van der Waals surface area contributed by atoms with Gasteiger partial charge in [-0.2, -0.15) is 4.72 Å². The van der Waals surface area contributed by atoms with Crippen LogP contribution in [0.4, 0.5) is 0 Å². The quantitative estimate of drug-likeness (QED) is 0.368. The molecule has 0 bridgehead atoms. The predicted octanol–water partition coefficient (Wildman–Crippen LogP) is 3.91. The number of aromatic nitrogens is 1. The van der Waals surface area contributed by atoms with E-state index in [4.69, 9.17) is 15.1 Å². The zero-order valence-corrected chi connectivity index (χ0v) is 17.6. The van der Waals surface area contributed by atoms with Crippen LogP contribution >= 0.6 is 11.3 Å². The van der Waals surface area contributed by atoms with Crippen molar-refractivity contribution in [3.8, 4) is 11.8 Å². The maximum Gasteiger partial charge on any atom is 0.322 e. The summed E-state index contributed by atoms with van der Waals surface area (Å²) in [7, 11) is -4.46. The van der Waals surface area contributed by atoms with Gasteiger partial charge in [-0.05, 0) is 42.7 Å². The molecule has 4 aromatic rings. The summed E-state index contributed by atoms with van der Waals surface area (Å²) in [5.41, 5.74) is -1.05. The first-order chi connectivity index (χ1) is 19.8. The summed E-state index contributed by atoms with van der Waals surface area (Å²) in [6.07, 6.45) is -0.814. The topological polar surface area (TPSA) is 99.3 Å². The highest BCUT2D eigenvalue weighted by atomic mass is 32.2. The van der Waals surface area contributed by atoms with Crippen molar-refractivity contribution in [1.82, 2.24) is 9.71 Å². The number of carbonyl (C=O) groups is 1. The van der Waals surface area contributed by atoms with E-state index in [-0.39, 0.29) is 49.4 Å². The van der Waals surface area contributed by atoms with Crippen molar-refractivity contribution in [2.45, 2.75) is 23.5 Å². The fraction of sp³-hybridized carbons (Fsp3) is 0.125. The second-order valence-corrected chi connectivity index (χ2v) is 9.42. The lowest BCUT2D eigenvalue weighted by Crippen LogP contribution is -2.41. The maximum atomic E-state index is 13.1. The number of fused-ring (bicyclic) bond motifs is 1. The van der Waals surface area contributed by atoms with Crippen LogP contribution in [0.25, 0.3) is 10.9 Å². The largest absolute Gasteiger partial charge is 0.480 e. The molecule has 3 N–H and O–H groups in total. The van der Waals surface area contributed by atoms with E-state index in [0.29, 0.717) is 11.3 Å². The normalized spacial score (nSPS) is 17.6. The van der Waals surface area contributed by atoms with Crippen LogP contribution in [0, 0.1) is 18.7 Å². The summed E-state index contributed by atoms with van der Waals surface area (Å²) in [5.74, 6) is 3.40. The molecular weight excluding hydrogens is 444 g/mol. The molecule has 2 aromatic heterocycles. The molecule has 0 amide bonds. The van der Waals surface area contributed by atoms with Crippen LogP contribution in [0.3, 0.4) is 0 Å². The van der Waals surface area contributed by atoms with E-state index < -0.39 is 71.1 Å². The zero-order valence-electron chi connectivity index (χ0n) is 27.0. The smallest absolute Gasteiger partial charge is 0.322 e. The molecule has 0 aliphatic rings. The SMILES string of the molecule is [2H]c1cc2c(C[C@@H](NS(=O)(=O)c3ccc(C#Cc4c([2H])c([2H])c(C([2H])([2H])[2H])c([2H])c4[2H])s3)C(=O)O)c([2H])[nH]c2c([2H])c1[2H]. The lowest BCUT2D eigenvalue weighted by Gasteiger charge is -2.13. The van der Waals surface area contributed by atoms with Gasteiger partial charge >= 0.3 is 5.97 Å². The van der Waals surface area contributed by atoms with Crippen molar-refractivity contribution in [2.75, 3.05) is 0 Å². The van der Waals surface area contributed by atoms with Gasteiger partial charge in [-0.25, -0.2) is 8.42 Å². The summed E-state index contributed by atoms with van der Waals surface area (Å²) < 4.78 is 114. The Morgan fingerprint density at radius 1 is 1.22 bits per heavy atom. The Labute approximate surface area is 205 Å². The summed E-state index contributed by atoms with van der Waals surface area (Å²) >= 11 is 0.623. The predicted molar refractivity (Wildman–Crippen MR) is 125 cm³/mol. The van der Waals surface area contributed by atoms with Crippen LogP contribution in [0.5, 0.6) is 0 Å². The van der Waals surface area contributed by atoms with E-state index in [2.05, 4.69) is 21.5 Å². The maximum absolute atomic E-state index is 13.1. The Morgan fingerprint density at radius 3 is 2.78 bits per heavy atom. The average molecular weight is 476 g/mol. The van der Waals surface area contributed by atoms with E-state index in [1.807, 2.05) is 0 Å². The highest BCUT2D eigenvalue weighted by Crippen LogP contribution is 2.23. The number of thiophene rings is 1. The molecule has 0 fully saturated rings. The fourth-order valence-corrected chi connectivity index (χ4v) is 5.07. The average Bonchev–Trinajstić information content (AvgIpc) is 3.50. The van der Waals surface area contributed by atoms with Crippen molar-refractivity contribution in [2.24, 2.45) is 0 Å². The number of rotatable bonds is 6. The number of hydrogen-bond donors (Lipinski definition) is 3. The Kier molecular flexibility index (Phi) is 3.38. The van der Waals surface area contributed by atoms with Crippen LogP contribution in [-0.2, 0) is 21.2 Å². The highest BCUT2D eigenvalue weighted by Gasteiger charge is 2.27. The van der Waals surface area contributed by atoms with E-state index in [1.54, 1.807) is 0 Å². The molecule has 0 saturated heterocycles. The first-order valence-corrected chi connectivity index (χ1v) is 11.2. The van der Waals surface area contributed by atoms with Crippen molar-refractivity contribution in [3.05, 3.63) is 88.2 Å². The molecular formula is C24H20N2O4S2. The first kappa shape index (κ1) is 12.0. The molecule has 162 valence electrons. The van der Waals surface area contributed by atoms with Crippen molar-refractivity contribution >= 4 is 38.2 Å². The Balaban J connectivity index is 1.63. The van der Waals surface area contributed by atoms with Gasteiger partial charge in [0.25, 0.3) is 10.0 Å². The second kappa shape index (κ2) is 9.01. The molecule has 4 rings (SSSR count). The van der Waals surface area contributed by atoms with Crippen LogP contribution in [0.2, 0.25) is 0 Å². The molecule has 1 atom stereocenters. The van der Waals surface area contributed by atoms with E-state index in [0.717, 1.165) is 6.07 Å². The number of aromatic amines is 1. The van der Waals surface area contributed by atoms with Gasteiger partial charge in [-0.3, -0.25) is 4.79 Å². The lowest BCUT2D eigenvalue weighted by molar-refractivity contribution is -0.138.